The number of rotatable bonds is 7. The number of fused-ring (bicyclic) bond motifs is 1. The average Bonchev–Trinajstić information content (AvgIpc) is 2.63. The zero-order chi connectivity index (χ0) is 19.4. The molecule has 0 spiro atoms. The summed E-state index contributed by atoms with van der Waals surface area (Å²) in [5, 5.41) is 3.22. The van der Waals surface area contributed by atoms with Gasteiger partial charge in [-0.2, -0.15) is 4.98 Å². The predicted octanol–water partition coefficient (Wildman–Crippen LogP) is 1.47. The number of carbonyl (C=O) groups excluding carboxylic acids is 1. The number of nitrogens with two attached hydrogens (primary N) is 1. The molecule has 3 N–H and O–H groups in total. The van der Waals surface area contributed by atoms with Crippen LogP contribution in [0.5, 0.6) is 0 Å². The highest BCUT2D eigenvalue weighted by molar-refractivity contribution is 6.07. The second-order valence-electron chi connectivity index (χ2n) is 6.20. The normalized spacial score (nSPS) is 13.8. The van der Waals surface area contributed by atoms with Crippen LogP contribution in [0.3, 0.4) is 0 Å². The van der Waals surface area contributed by atoms with Crippen LogP contribution in [0.25, 0.3) is 0 Å². The number of amides is 1. The Morgan fingerprint density at radius 1 is 1.30 bits per heavy atom. The first kappa shape index (κ1) is 19.0. The van der Waals surface area contributed by atoms with Crippen LogP contribution in [0.2, 0.25) is 0 Å². The molecule has 0 saturated carbocycles. The molecule has 144 valence electrons. The summed E-state index contributed by atoms with van der Waals surface area (Å²) in [6.07, 6.45) is 0.507. The van der Waals surface area contributed by atoms with Gasteiger partial charge in [0, 0.05) is 32.0 Å². The summed E-state index contributed by atoms with van der Waals surface area (Å²) in [4.78, 5) is 22.8. The van der Waals surface area contributed by atoms with Crippen LogP contribution >= 0.6 is 0 Å². The number of hydrogen-bond donors (Lipinski definition) is 2. The van der Waals surface area contributed by atoms with Gasteiger partial charge in [-0.3, -0.25) is 4.79 Å². The predicted molar refractivity (Wildman–Crippen MR) is 99.4 cm³/mol. The van der Waals surface area contributed by atoms with Crippen molar-refractivity contribution in [3.05, 3.63) is 41.3 Å². The van der Waals surface area contributed by atoms with Crippen LogP contribution in [0.15, 0.2) is 24.3 Å². The SMILES string of the molecule is COCC(COC)Nc1nc(N)nc2c1CCN(c1cccc(F)c1)C2=O. The van der Waals surface area contributed by atoms with Crippen LogP contribution in [-0.4, -0.2) is 55.9 Å². The summed E-state index contributed by atoms with van der Waals surface area (Å²) in [6, 6.07) is 5.74. The Balaban J connectivity index is 1.92. The molecule has 8 nitrogen and oxygen atoms in total. The molecule has 1 aliphatic rings. The molecule has 9 heteroatoms. The minimum Gasteiger partial charge on any atom is -0.382 e. The van der Waals surface area contributed by atoms with Crippen molar-refractivity contribution in [3.8, 4) is 0 Å². The number of carbonyl (C=O) groups is 1. The first-order valence-electron chi connectivity index (χ1n) is 8.51. The van der Waals surface area contributed by atoms with Crippen molar-refractivity contribution in [1.82, 2.24) is 9.97 Å². The summed E-state index contributed by atoms with van der Waals surface area (Å²) < 4.78 is 23.9. The highest BCUT2D eigenvalue weighted by Gasteiger charge is 2.30. The molecule has 1 aromatic heterocycles. The fourth-order valence-electron chi connectivity index (χ4n) is 3.10. The molecule has 1 aromatic carbocycles. The van der Waals surface area contributed by atoms with E-state index in [1.165, 1.54) is 17.0 Å². The molecule has 0 bridgehead atoms. The number of methoxy groups -OCH3 is 2. The number of nitrogens with zero attached hydrogens (tertiary/aromatic N) is 3. The summed E-state index contributed by atoms with van der Waals surface area (Å²) in [5.74, 6) is -0.269. The summed E-state index contributed by atoms with van der Waals surface area (Å²) in [6.45, 7) is 1.18. The van der Waals surface area contributed by atoms with Gasteiger partial charge in [-0.15, -0.1) is 0 Å². The summed E-state index contributed by atoms with van der Waals surface area (Å²) >= 11 is 0. The third-order valence-corrected chi connectivity index (χ3v) is 4.25. The van der Waals surface area contributed by atoms with E-state index < -0.39 is 5.82 Å². The van der Waals surface area contributed by atoms with Gasteiger partial charge in [0.05, 0.1) is 19.3 Å². The Morgan fingerprint density at radius 3 is 2.70 bits per heavy atom. The number of anilines is 3. The smallest absolute Gasteiger partial charge is 0.277 e. The monoisotopic (exact) mass is 375 g/mol. The van der Waals surface area contributed by atoms with E-state index in [1.807, 2.05) is 0 Å². The van der Waals surface area contributed by atoms with Gasteiger partial charge >= 0.3 is 0 Å². The van der Waals surface area contributed by atoms with Crippen molar-refractivity contribution in [2.24, 2.45) is 0 Å². The molecule has 2 aromatic rings. The maximum absolute atomic E-state index is 13.5. The lowest BCUT2D eigenvalue weighted by molar-refractivity contribution is 0.0975. The Kier molecular flexibility index (Phi) is 5.82. The fraction of sp³-hybridized carbons (Fsp3) is 0.389. The van der Waals surface area contributed by atoms with E-state index in [0.717, 1.165) is 0 Å². The molecular formula is C18H22FN5O3. The first-order valence-corrected chi connectivity index (χ1v) is 8.51. The molecule has 0 saturated heterocycles. The van der Waals surface area contributed by atoms with E-state index in [9.17, 15) is 9.18 Å². The second-order valence-corrected chi connectivity index (χ2v) is 6.20. The van der Waals surface area contributed by atoms with Crippen molar-refractivity contribution in [2.45, 2.75) is 12.5 Å². The molecule has 27 heavy (non-hydrogen) atoms. The van der Waals surface area contributed by atoms with Crippen LogP contribution in [0.4, 0.5) is 21.8 Å². The Morgan fingerprint density at radius 2 is 2.04 bits per heavy atom. The van der Waals surface area contributed by atoms with Crippen LogP contribution < -0.4 is 16.0 Å². The van der Waals surface area contributed by atoms with E-state index in [0.29, 0.717) is 43.2 Å². The number of benzene rings is 1. The van der Waals surface area contributed by atoms with Crippen LogP contribution in [0.1, 0.15) is 16.1 Å². The maximum Gasteiger partial charge on any atom is 0.277 e. The zero-order valence-corrected chi connectivity index (χ0v) is 15.2. The van der Waals surface area contributed by atoms with Crippen molar-refractivity contribution in [1.29, 1.82) is 0 Å². The van der Waals surface area contributed by atoms with Gasteiger partial charge in [0.1, 0.15) is 17.3 Å². The molecule has 0 aliphatic carbocycles. The van der Waals surface area contributed by atoms with E-state index in [-0.39, 0.29) is 23.6 Å². The van der Waals surface area contributed by atoms with E-state index in [2.05, 4.69) is 15.3 Å². The van der Waals surface area contributed by atoms with Gasteiger partial charge in [0.2, 0.25) is 5.95 Å². The topological polar surface area (TPSA) is 103 Å². The minimum atomic E-state index is -0.405. The minimum absolute atomic E-state index is 0.0146. The number of nitrogen functional groups attached to an aromatic ring is 1. The number of halogens is 1. The van der Waals surface area contributed by atoms with E-state index >= 15 is 0 Å². The zero-order valence-electron chi connectivity index (χ0n) is 15.2. The second kappa shape index (κ2) is 8.28. The Labute approximate surface area is 156 Å². The van der Waals surface area contributed by atoms with Crippen LogP contribution in [-0.2, 0) is 15.9 Å². The lowest BCUT2D eigenvalue weighted by Crippen LogP contribution is -2.40. The van der Waals surface area contributed by atoms with Crippen LogP contribution in [0, 0.1) is 5.82 Å². The standard InChI is InChI=1S/C18H22FN5O3/c1-26-9-12(10-27-2)21-16-14-6-7-24(13-5-3-4-11(19)8-13)17(25)15(14)22-18(20)23-16/h3-5,8,12H,6-7,9-10H2,1-2H3,(H3,20,21,22,23). The number of nitrogens with one attached hydrogen (secondary N) is 1. The third-order valence-electron chi connectivity index (χ3n) is 4.25. The Hall–Kier alpha value is -2.78. The van der Waals surface area contributed by atoms with Gasteiger partial charge in [0.15, 0.2) is 0 Å². The highest BCUT2D eigenvalue weighted by Crippen LogP contribution is 2.28. The molecule has 3 rings (SSSR count). The molecule has 1 aliphatic heterocycles. The molecule has 1 amide bonds. The largest absolute Gasteiger partial charge is 0.382 e. The number of hydrogen-bond acceptors (Lipinski definition) is 7. The third kappa shape index (κ3) is 4.15. The number of ether oxygens (including phenoxy) is 2. The average molecular weight is 375 g/mol. The highest BCUT2D eigenvalue weighted by atomic mass is 19.1. The molecule has 0 atom stereocenters. The van der Waals surface area contributed by atoms with E-state index in [4.69, 9.17) is 15.2 Å². The van der Waals surface area contributed by atoms with Crippen molar-refractivity contribution in [2.75, 3.05) is 49.9 Å². The van der Waals surface area contributed by atoms with Crippen molar-refractivity contribution >= 4 is 23.4 Å². The lowest BCUT2D eigenvalue weighted by Gasteiger charge is -2.29. The van der Waals surface area contributed by atoms with Gasteiger partial charge < -0.3 is 25.4 Å². The fourth-order valence-corrected chi connectivity index (χ4v) is 3.10. The molecule has 0 unspecified atom stereocenters. The lowest BCUT2D eigenvalue weighted by atomic mass is 10.0. The van der Waals surface area contributed by atoms with Gasteiger partial charge in [0.25, 0.3) is 5.91 Å². The first-order chi connectivity index (χ1) is 13.0. The summed E-state index contributed by atoms with van der Waals surface area (Å²) in [7, 11) is 3.18. The summed E-state index contributed by atoms with van der Waals surface area (Å²) in [5.41, 5.74) is 7.20. The molecular weight excluding hydrogens is 353 g/mol. The van der Waals surface area contributed by atoms with Crippen molar-refractivity contribution in [3.63, 3.8) is 0 Å². The number of aromatic nitrogens is 2. The van der Waals surface area contributed by atoms with Gasteiger partial charge in [-0.25, -0.2) is 9.37 Å². The Bertz CT molecular complexity index is 827. The van der Waals surface area contributed by atoms with Crippen molar-refractivity contribution < 1.29 is 18.7 Å². The molecule has 2 heterocycles. The van der Waals surface area contributed by atoms with Gasteiger partial charge in [-0.05, 0) is 24.6 Å². The molecule has 0 radical (unpaired) electrons. The van der Waals surface area contributed by atoms with Gasteiger partial charge in [-0.1, -0.05) is 6.07 Å². The van der Waals surface area contributed by atoms with E-state index in [1.54, 1.807) is 26.4 Å². The quantitative estimate of drug-likeness (QED) is 0.755. The maximum atomic E-state index is 13.5. The molecule has 0 fully saturated rings.